The Labute approximate surface area is 204 Å². The number of fused-ring (bicyclic) bond motifs is 1. The maximum atomic E-state index is 12.1. The van der Waals surface area contributed by atoms with Crippen molar-refractivity contribution in [2.45, 2.75) is 39.7 Å². The molecule has 0 spiro atoms. The number of hydrogen-bond donors (Lipinski definition) is 3. The van der Waals surface area contributed by atoms with Gasteiger partial charge in [0.25, 0.3) is 0 Å². The summed E-state index contributed by atoms with van der Waals surface area (Å²) < 4.78 is 2.20. The van der Waals surface area contributed by atoms with Crippen LogP contribution in [0.1, 0.15) is 48.4 Å². The van der Waals surface area contributed by atoms with Crippen LogP contribution in [-0.2, 0) is 13.0 Å². The highest BCUT2D eigenvalue weighted by atomic mass is 16.4. The van der Waals surface area contributed by atoms with E-state index in [0.717, 1.165) is 47.2 Å². The molecule has 4 rings (SSSR count). The molecule has 0 fully saturated rings. The van der Waals surface area contributed by atoms with E-state index in [9.17, 15) is 14.7 Å². The molecule has 0 bridgehead atoms. The first-order chi connectivity index (χ1) is 17.0. The summed E-state index contributed by atoms with van der Waals surface area (Å²) in [5.74, 6) is 0.0412. The topological polar surface area (TPSA) is 96.3 Å². The monoisotopic (exact) mass is 470 g/mol. The molecule has 3 N–H and O–H groups in total. The lowest BCUT2D eigenvalue weighted by molar-refractivity contribution is 0.0697. The van der Waals surface area contributed by atoms with Crippen LogP contribution >= 0.6 is 0 Å². The number of carboxylic acids is 1. The normalized spacial score (nSPS) is 10.9. The summed E-state index contributed by atoms with van der Waals surface area (Å²) in [6.07, 6.45) is 2.92. The molecule has 0 atom stereocenters. The van der Waals surface area contributed by atoms with Crippen LogP contribution in [0.2, 0.25) is 0 Å². The summed E-state index contributed by atoms with van der Waals surface area (Å²) in [7, 11) is 0. The van der Waals surface area contributed by atoms with Gasteiger partial charge in [-0.25, -0.2) is 14.6 Å². The number of benzene rings is 3. The van der Waals surface area contributed by atoms with E-state index in [4.69, 9.17) is 4.98 Å². The Morgan fingerprint density at radius 1 is 0.971 bits per heavy atom. The number of unbranched alkanes of at least 4 members (excludes halogenated alkanes) is 1. The van der Waals surface area contributed by atoms with Gasteiger partial charge in [0.2, 0.25) is 0 Å². The van der Waals surface area contributed by atoms with Crippen LogP contribution in [0.4, 0.5) is 10.5 Å². The Hall–Kier alpha value is -4.13. The van der Waals surface area contributed by atoms with E-state index in [1.165, 1.54) is 0 Å². The predicted molar refractivity (Wildman–Crippen MR) is 139 cm³/mol. The molecule has 0 radical (unpaired) electrons. The number of aromatic carboxylic acids is 1. The number of imidazole rings is 1. The van der Waals surface area contributed by atoms with E-state index >= 15 is 0 Å². The summed E-state index contributed by atoms with van der Waals surface area (Å²) >= 11 is 0. The molecule has 0 saturated carbocycles. The quantitative estimate of drug-likeness (QED) is 0.282. The third-order valence-electron chi connectivity index (χ3n) is 5.96. The first kappa shape index (κ1) is 24.0. The number of amides is 2. The van der Waals surface area contributed by atoms with Gasteiger partial charge in [-0.3, -0.25) is 0 Å². The summed E-state index contributed by atoms with van der Waals surface area (Å²) in [6.45, 7) is 5.21. The van der Waals surface area contributed by atoms with Crippen molar-refractivity contribution in [3.05, 3.63) is 83.7 Å². The lowest BCUT2D eigenvalue weighted by Gasteiger charge is -2.11. The third kappa shape index (κ3) is 5.35. The molecule has 0 aliphatic carbocycles. The number of anilines is 1. The van der Waals surface area contributed by atoms with Crippen LogP contribution < -0.4 is 10.6 Å². The van der Waals surface area contributed by atoms with E-state index in [1.807, 2.05) is 61.5 Å². The smallest absolute Gasteiger partial charge is 0.336 e. The number of carbonyl (C=O) groups excluding carboxylic acids is 1. The van der Waals surface area contributed by atoms with Crippen molar-refractivity contribution in [2.75, 3.05) is 11.9 Å². The van der Waals surface area contributed by atoms with Crippen LogP contribution in [0.3, 0.4) is 0 Å². The minimum Gasteiger partial charge on any atom is -0.478 e. The largest absolute Gasteiger partial charge is 0.478 e. The molecule has 0 unspecified atom stereocenters. The Balaban J connectivity index is 1.67. The van der Waals surface area contributed by atoms with E-state index in [2.05, 4.69) is 22.1 Å². The van der Waals surface area contributed by atoms with Gasteiger partial charge in [-0.1, -0.05) is 61.9 Å². The van der Waals surface area contributed by atoms with E-state index in [-0.39, 0.29) is 11.6 Å². The average Bonchev–Trinajstić information content (AvgIpc) is 3.21. The number of carboxylic acid groups (broad SMARTS) is 1. The number of nitrogens with one attached hydrogen (secondary N) is 2. The molecule has 1 aromatic heterocycles. The average molecular weight is 471 g/mol. The molecule has 1 heterocycles. The van der Waals surface area contributed by atoms with Crippen LogP contribution in [0.25, 0.3) is 22.2 Å². The molecule has 2 amide bonds. The van der Waals surface area contributed by atoms with Crippen molar-refractivity contribution in [1.29, 1.82) is 0 Å². The second-order valence-corrected chi connectivity index (χ2v) is 8.42. The summed E-state index contributed by atoms with van der Waals surface area (Å²) in [5, 5.41) is 15.2. The van der Waals surface area contributed by atoms with E-state index < -0.39 is 5.97 Å². The van der Waals surface area contributed by atoms with Crippen LogP contribution in [0, 0.1) is 0 Å². The molecule has 3 aromatic carbocycles. The van der Waals surface area contributed by atoms with Gasteiger partial charge in [0, 0.05) is 19.5 Å². The predicted octanol–water partition coefficient (Wildman–Crippen LogP) is 5.93. The standard InChI is InChI=1S/C28H30N4O3/c1-3-5-13-25-31-26-23(30-28(35)29-4-2)11-8-12-24(26)32(25)18-19-14-16-20(17-15-19)21-9-6-7-10-22(21)27(33)34/h6-12,14-17H,3-5,13,18H2,1-2H3,(H,33,34)(H2,29,30,35). The van der Waals surface area contributed by atoms with Gasteiger partial charge in [0.05, 0.1) is 16.8 Å². The highest BCUT2D eigenvalue weighted by Gasteiger charge is 2.16. The lowest BCUT2D eigenvalue weighted by atomic mass is 9.99. The Morgan fingerprint density at radius 2 is 1.74 bits per heavy atom. The second-order valence-electron chi connectivity index (χ2n) is 8.42. The van der Waals surface area contributed by atoms with Gasteiger partial charge in [-0.15, -0.1) is 0 Å². The minimum atomic E-state index is -0.938. The number of hydrogen-bond acceptors (Lipinski definition) is 3. The van der Waals surface area contributed by atoms with Crippen molar-refractivity contribution >= 4 is 28.7 Å². The van der Waals surface area contributed by atoms with Gasteiger partial charge in [0.1, 0.15) is 11.3 Å². The van der Waals surface area contributed by atoms with Gasteiger partial charge in [-0.2, -0.15) is 0 Å². The lowest BCUT2D eigenvalue weighted by Crippen LogP contribution is -2.28. The van der Waals surface area contributed by atoms with Gasteiger partial charge in [0.15, 0.2) is 0 Å². The highest BCUT2D eigenvalue weighted by molar-refractivity contribution is 5.99. The molecule has 7 heteroatoms. The second kappa shape index (κ2) is 10.9. The number of aromatic nitrogens is 2. The maximum absolute atomic E-state index is 12.1. The Kier molecular flexibility index (Phi) is 7.45. The fraction of sp³-hybridized carbons (Fsp3) is 0.250. The number of carbonyl (C=O) groups is 2. The van der Waals surface area contributed by atoms with Crippen molar-refractivity contribution < 1.29 is 14.7 Å². The summed E-state index contributed by atoms with van der Waals surface area (Å²) in [5.41, 5.74) is 5.36. The molecular formula is C28H30N4O3. The zero-order valence-electron chi connectivity index (χ0n) is 20.0. The van der Waals surface area contributed by atoms with Gasteiger partial charge in [-0.05, 0) is 48.2 Å². The third-order valence-corrected chi connectivity index (χ3v) is 5.96. The molecule has 7 nitrogen and oxygen atoms in total. The van der Waals surface area contributed by atoms with Crippen LogP contribution in [0.15, 0.2) is 66.7 Å². The molecule has 4 aromatic rings. The van der Waals surface area contributed by atoms with Crippen LogP contribution in [0.5, 0.6) is 0 Å². The fourth-order valence-corrected chi connectivity index (χ4v) is 4.22. The van der Waals surface area contributed by atoms with Crippen LogP contribution in [-0.4, -0.2) is 33.2 Å². The fourth-order valence-electron chi connectivity index (χ4n) is 4.22. The maximum Gasteiger partial charge on any atom is 0.336 e. The van der Waals surface area contributed by atoms with Gasteiger partial charge >= 0.3 is 12.0 Å². The number of rotatable bonds is 9. The summed E-state index contributed by atoms with van der Waals surface area (Å²) in [6, 6.07) is 20.6. The Morgan fingerprint density at radius 3 is 2.46 bits per heavy atom. The Bertz CT molecular complexity index is 1340. The zero-order valence-corrected chi connectivity index (χ0v) is 20.0. The SMILES string of the molecule is CCCCc1nc2c(NC(=O)NCC)cccc2n1Cc1ccc(-c2ccccc2C(=O)O)cc1. The van der Waals surface area contributed by atoms with Crippen molar-refractivity contribution in [3.63, 3.8) is 0 Å². The molecule has 180 valence electrons. The highest BCUT2D eigenvalue weighted by Crippen LogP contribution is 2.28. The number of nitrogens with zero attached hydrogens (tertiary/aromatic N) is 2. The molecule has 0 aliphatic heterocycles. The minimum absolute atomic E-state index is 0.248. The first-order valence-corrected chi connectivity index (χ1v) is 12.0. The van der Waals surface area contributed by atoms with Crippen molar-refractivity contribution in [3.8, 4) is 11.1 Å². The molecule has 0 aliphatic rings. The molecule has 0 saturated heterocycles. The zero-order chi connectivity index (χ0) is 24.8. The first-order valence-electron chi connectivity index (χ1n) is 12.0. The number of urea groups is 1. The van der Waals surface area contributed by atoms with E-state index in [0.29, 0.717) is 24.3 Å². The summed E-state index contributed by atoms with van der Waals surface area (Å²) in [4.78, 5) is 28.7. The number of para-hydroxylation sites is 1. The van der Waals surface area contributed by atoms with Gasteiger partial charge < -0.3 is 20.3 Å². The van der Waals surface area contributed by atoms with E-state index in [1.54, 1.807) is 12.1 Å². The van der Waals surface area contributed by atoms with Crippen molar-refractivity contribution in [2.24, 2.45) is 0 Å². The number of aryl methyl sites for hydroxylation is 1. The molecular weight excluding hydrogens is 440 g/mol. The van der Waals surface area contributed by atoms with Crippen molar-refractivity contribution in [1.82, 2.24) is 14.9 Å². The molecule has 35 heavy (non-hydrogen) atoms.